The summed E-state index contributed by atoms with van der Waals surface area (Å²) in [6, 6.07) is 10.5. The van der Waals surface area contributed by atoms with Gasteiger partial charge in [0.1, 0.15) is 5.75 Å². The summed E-state index contributed by atoms with van der Waals surface area (Å²) < 4.78 is 6.06. The van der Waals surface area contributed by atoms with Crippen molar-refractivity contribution in [3.05, 3.63) is 61.9 Å². The second-order valence-electron chi connectivity index (χ2n) is 5.40. The number of aromatic nitrogens is 1. The molecular weight excluding hydrogens is 505 g/mol. The lowest BCUT2D eigenvalue weighted by Crippen LogP contribution is -2.34. The molecule has 0 atom stereocenters. The van der Waals surface area contributed by atoms with Crippen molar-refractivity contribution in [1.29, 1.82) is 0 Å². The van der Waals surface area contributed by atoms with Crippen LogP contribution in [0.4, 0.5) is 5.13 Å². The maximum absolute atomic E-state index is 12.3. The molecule has 0 aliphatic carbocycles. The minimum atomic E-state index is -0.458. The van der Waals surface area contributed by atoms with E-state index < -0.39 is 5.91 Å². The average Bonchev–Trinajstić information content (AvgIpc) is 3.12. The molecule has 5 nitrogen and oxygen atoms in total. The highest BCUT2D eigenvalue weighted by Gasteiger charge is 2.15. The molecule has 1 heterocycles. The summed E-state index contributed by atoms with van der Waals surface area (Å²) in [5.41, 5.74) is 1.92. The molecule has 10 heteroatoms. The van der Waals surface area contributed by atoms with Crippen LogP contribution in [0.3, 0.4) is 0 Å². The average molecular weight is 517 g/mol. The summed E-state index contributed by atoms with van der Waals surface area (Å²) >= 11 is 22.0. The Morgan fingerprint density at radius 1 is 1.29 bits per heavy atom. The van der Waals surface area contributed by atoms with Crippen molar-refractivity contribution in [1.82, 2.24) is 10.3 Å². The van der Waals surface area contributed by atoms with Gasteiger partial charge < -0.3 is 10.1 Å². The molecule has 144 valence electrons. The predicted octanol–water partition coefficient (Wildman–Crippen LogP) is 6.01. The van der Waals surface area contributed by atoms with E-state index in [1.54, 1.807) is 25.3 Å². The Balaban J connectivity index is 1.68. The first-order valence-electron chi connectivity index (χ1n) is 7.75. The molecular formula is C18H12BrCl2N3O2S2. The van der Waals surface area contributed by atoms with E-state index in [0.717, 1.165) is 21.5 Å². The zero-order valence-electron chi connectivity index (χ0n) is 14.3. The number of amides is 1. The monoisotopic (exact) mass is 515 g/mol. The number of ether oxygens (including phenoxy) is 1. The number of methoxy groups -OCH3 is 1. The minimum absolute atomic E-state index is 0.109. The highest BCUT2D eigenvalue weighted by atomic mass is 79.9. The van der Waals surface area contributed by atoms with E-state index in [4.69, 9.17) is 40.2 Å². The van der Waals surface area contributed by atoms with E-state index in [0.29, 0.717) is 10.2 Å². The van der Waals surface area contributed by atoms with Crippen LogP contribution in [0.15, 0.2) is 46.3 Å². The Bertz CT molecular complexity index is 1060. The molecule has 0 unspecified atom stereocenters. The van der Waals surface area contributed by atoms with Crippen molar-refractivity contribution < 1.29 is 9.53 Å². The molecule has 0 bridgehead atoms. The Kier molecular flexibility index (Phi) is 6.90. The second-order valence-corrected chi connectivity index (χ2v) is 8.30. The van der Waals surface area contributed by atoms with Crippen molar-refractivity contribution in [2.75, 3.05) is 12.4 Å². The maximum atomic E-state index is 12.3. The van der Waals surface area contributed by atoms with Crippen LogP contribution < -0.4 is 15.4 Å². The quantitative estimate of drug-likeness (QED) is 0.415. The number of benzene rings is 2. The van der Waals surface area contributed by atoms with Gasteiger partial charge in [-0.2, -0.15) is 0 Å². The van der Waals surface area contributed by atoms with Crippen LogP contribution in [0.25, 0.3) is 11.3 Å². The molecule has 2 aromatic carbocycles. The van der Waals surface area contributed by atoms with E-state index >= 15 is 0 Å². The predicted molar refractivity (Wildman–Crippen MR) is 122 cm³/mol. The summed E-state index contributed by atoms with van der Waals surface area (Å²) in [7, 11) is 1.61. The number of carbonyl (C=O) groups is 1. The summed E-state index contributed by atoms with van der Waals surface area (Å²) in [6.07, 6.45) is 0. The standard InChI is InChI=1S/C18H12BrCl2N3O2S2/c1-26-14-6-5-9(7-11(14)19)13-8-28-18(22-13)24-17(27)23-16(25)10-3-2-4-12(20)15(10)21/h2-8H,1H3,(H2,22,23,24,25,27). The highest BCUT2D eigenvalue weighted by molar-refractivity contribution is 9.10. The van der Waals surface area contributed by atoms with Crippen LogP contribution in [0, 0.1) is 0 Å². The number of nitrogens with zero attached hydrogens (tertiary/aromatic N) is 1. The SMILES string of the molecule is COc1ccc(-c2csc(NC(=S)NC(=O)c3cccc(Cl)c3Cl)n2)cc1Br. The van der Waals surface area contributed by atoms with Gasteiger partial charge in [0.15, 0.2) is 10.2 Å². The van der Waals surface area contributed by atoms with Crippen LogP contribution in [0.5, 0.6) is 5.75 Å². The Morgan fingerprint density at radius 2 is 2.07 bits per heavy atom. The normalized spacial score (nSPS) is 10.4. The van der Waals surface area contributed by atoms with E-state index in [-0.39, 0.29) is 15.7 Å². The third-order valence-electron chi connectivity index (χ3n) is 3.60. The lowest BCUT2D eigenvalue weighted by molar-refractivity contribution is 0.0978. The minimum Gasteiger partial charge on any atom is -0.496 e. The number of nitrogens with one attached hydrogen (secondary N) is 2. The molecule has 0 aliphatic heterocycles. The molecule has 0 saturated heterocycles. The lowest BCUT2D eigenvalue weighted by Gasteiger charge is -2.09. The molecule has 3 aromatic rings. The molecule has 0 fully saturated rings. The topological polar surface area (TPSA) is 63.2 Å². The van der Waals surface area contributed by atoms with Gasteiger partial charge in [-0.05, 0) is 58.5 Å². The van der Waals surface area contributed by atoms with E-state index in [1.165, 1.54) is 11.3 Å². The first kappa shape index (κ1) is 21.0. The third-order valence-corrected chi connectivity index (χ3v) is 6.00. The number of carbonyl (C=O) groups excluding carboxylic acids is 1. The summed E-state index contributed by atoms with van der Waals surface area (Å²) in [6.45, 7) is 0. The number of anilines is 1. The summed E-state index contributed by atoms with van der Waals surface area (Å²) in [5.74, 6) is 0.279. The maximum Gasteiger partial charge on any atom is 0.258 e. The molecule has 0 saturated carbocycles. The van der Waals surface area contributed by atoms with Gasteiger partial charge in [0.2, 0.25) is 0 Å². The second kappa shape index (κ2) is 9.19. The molecule has 0 radical (unpaired) electrons. The van der Waals surface area contributed by atoms with E-state index in [9.17, 15) is 4.79 Å². The van der Waals surface area contributed by atoms with E-state index in [1.807, 2.05) is 23.6 Å². The van der Waals surface area contributed by atoms with Crippen molar-refractivity contribution in [3.63, 3.8) is 0 Å². The zero-order valence-corrected chi connectivity index (χ0v) is 19.0. The van der Waals surface area contributed by atoms with Gasteiger partial charge in [-0.15, -0.1) is 11.3 Å². The Labute approximate surface area is 189 Å². The number of thiocarbonyl (C=S) groups is 1. The number of rotatable bonds is 4. The molecule has 2 N–H and O–H groups in total. The van der Waals surface area contributed by atoms with Crippen molar-refractivity contribution in [2.45, 2.75) is 0 Å². The number of thiazole rings is 1. The smallest absolute Gasteiger partial charge is 0.258 e. The zero-order chi connectivity index (χ0) is 20.3. The Hall–Kier alpha value is -1.71. The van der Waals surface area contributed by atoms with Gasteiger partial charge in [0.05, 0.1) is 32.9 Å². The first-order valence-corrected chi connectivity index (χ1v) is 10.6. The van der Waals surface area contributed by atoms with Crippen molar-refractivity contribution in [3.8, 4) is 17.0 Å². The van der Waals surface area contributed by atoms with Gasteiger partial charge in [-0.1, -0.05) is 29.3 Å². The van der Waals surface area contributed by atoms with Gasteiger partial charge >= 0.3 is 0 Å². The molecule has 3 rings (SSSR count). The highest BCUT2D eigenvalue weighted by Crippen LogP contribution is 2.32. The third kappa shape index (κ3) is 4.82. The van der Waals surface area contributed by atoms with Gasteiger partial charge in [-0.25, -0.2) is 4.98 Å². The van der Waals surface area contributed by atoms with E-state index in [2.05, 4.69) is 31.5 Å². The largest absolute Gasteiger partial charge is 0.496 e. The van der Waals surface area contributed by atoms with Gasteiger partial charge in [0.25, 0.3) is 5.91 Å². The summed E-state index contributed by atoms with van der Waals surface area (Å²) in [4.78, 5) is 16.8. The molecule has 1 amide bonds. The molecule has 28 heavy (non-hydrogen) atoms. The van der Waals surface area contributed by atoms with Crippen LogP contribution in [0.2, 0.25) is 10.0 Å². The number of hydrogen-bond acceptors (Lipinski definition) is 5. The van der Waals surface area contributed by atoms with Crippen molar-refractivity contribution >= 4 is 78.8 Å². The summed E-state index contributed by atoms with van der Waals surface area (Å²) in [5, 5.41) is 8.47. The molecule has 1 aromatic heterocycles. The van der Waals surface area contributed by atoms with Gasteiger partial charge in [0, 0.05) is 10.9 Å². The Morgan fingerprint density at radius 3 is 2.79 bits per heavy atom. The lowest BCUT2D eigenvalue weighted by atomic mass is 10.2. The van der Waals surface area contributed by atoms with Crippen LogP contribution in [-0.4, -0.2) is 23.1 Å². The molecule has 0 spiro atoms. The fourth-order valence-electron chi connectivity index (χ4n) is 2.27. The molecule has 0 aliphatic rings. The van der Waals surface area contributed by atoms with Crippen LogP contribution in [-0.2, 0) is 0 Å². The number of hydrogen-bond donors (Lipinski definition) is 2. The fourth-order valence-corrected chi connectivity index (χ4v) is 4.17. The fraction of sp³-hybridized carbons (Fsp3) is 0.0556. The van der Waals surface area contributed by atoms with Crippen molar-refractivity contribution in [2.24, 2.45) is 0 Å². The number of halogens is 3. The van der Waals surface area contributed by atoms with Crippen LogP contribution >= 0.6 is 62.7 Å². The van der Waals surface area contributed by atoms with Crippen LogP contribution in [0.1, 0.15) is 10.4 Å². The van der Waals surface area contributed by atoms with Gasteiger partial charge in [-0.3, -0.25) is 10.1 Å². The first-order chi connectivity index (χ1) is 13.4.